The van der Waals surface area contributed by atoms with Gasteiger partial charge in [0.1, 0.15) is 5.75 Å². The van der Waals surface area contributed by atoms with E-state index in [-0.39, 0.29) is 5.91 Å². The predicted molar refractivity (Wildman–Crippen MR) is 82.4 cm³/mol. The van der Waals surface area contributed by atoms with E-state index in [1.54, 1.807) is 6.08 Å². The van der Waals surface area contributed by atoms with Gasteiger partial charge in [0.05, 0.1) is 12.2 Å². The highest BCUT2D eigenvalue weighted by molar-refractivity contribution is 5.76. The van der Waals surface area contributed by atoms with E-state index in [1.807, 2.05) is 31.2 Å². The summed E-state index contributed by atoms with van der Waals surface area (Å²) in [6, 6.07) is 7.50. The molecule has 1 aromatic carbocycles. The topological polar surface area (TPSA) is 77.2 Å². The van der Waals surface area contributed by atoms with Crippen molar-refractivity contribution in [2.75, 3.05) is 13.2 Å². The number of nitrogens with one attached hydrogen (secondary N) is 1. The number of ether oxygens (including phenoxy) is 1. The first-order valence-corrected chi connectivity index (χ1v) is 7.17. The summed E-state index contributed by atoms with van der Waals surface area (Å²) in [7, 11) is 0. The number of aromatic nitrogens is 2. The molecule has 2 rings (SSSR count). The number of benzene rings is 1. The van der Waals surface area contributed by atoms with Gasteiger partial charge in [0.25, 0.3) is 0 Å². The van der Waals surface area contributed by atoms with Gasteiger partial charge in [0, 0.05) is 19.4 Å². The minimum absolute atomic E-state index is 0.0747. The van der Waals surface area contributed by atoms with E-state index in [9.17, 15) is 4.79 Å². The number of carbonyl (C=O) groups is 1. The Morgan fingerprint density at radius 3 is 3.05 bits per heavy atom. The smallest absolute Gasteiger partial charge is 0.227 e. The molecule has 2 aromatic rings. The average Bonchev–Trinajstić information content (AvgIpc) is 3.00. The number of carbonyl (C=O) groups excluding carboxylic acids is 1. The van der Waals surface area contributed by atoms with Gasteiger partial charge in [-0.3, -0.25) is 4.79 Å². The first kappa shape index (κ1) is 15.8. The van der Waals surface area contributed by atoms with Crippen LogP contribution in [0.1, 0.15) is 19.2 Å². The summed E-state index contributed by atoms with van der Waals surface area (Å²) >= 11 is 0. The lowest BCUT2D eigenvalue weighted by atomic mass is 10.2. The standard InChI is InChI=1S/C16H19N3O3/c1-3-11-17-14(20)9-10-15-18-16(19-22-15)12-7-5-6-8-13(12)21-4-2/h3,5-8H,1,4,9-11H2,2H3,(H,17,20). The van der Waals surface area contributed by atoms with Gasteiger partial charge < -0.3 is 14.6 Å². The summed E-state index contributed by atoms with van der Waals surface area (Å²) in [4.78, 5) is 15.8. The summed E-state index contributed by atoms with van der Waals surface area (Å²) in [5.74, 6) is 1.52. The van der Waals surface area contributed by atoms with Crippen molar-refractivity contribution in [2.24, 2.45) is 0 Å². The van der Waals surface area contributed by atoms with Crippen LogP contribution in [0.25, 0.3) is 11.4 Å². The molecule has 0 fully saturated rings. The van der Waals surface area contributed by atoms with Crippen LogP contribution in [-0.2, 0) is 11.2 Å². The fourth-order valence-electron chi connectivity index (χ4n) is 1.89. The highest BCUT2D eigenvalue weighted by atomic mass is 16.5. The highest BCUT2D eigenvalue weighted by Crippen LogP contribution is 2.27. The van der Waals surface area contributed by atoms with E-state index in [0.29, 0.717) is 43.5 Å². The largest absolute Gasteiger partial charge is 0.493 e. The van der Waals surface area contributed by atoms with Crippen LogP contribution in [0.5, 0.6) is 5.75 Å². The Kier molecular flexibility index (Phi) is 5.71. The molecule has 1 amide bonds. The van der Waals surface area contributed by atoms with Gasteiger partial charge in [-0.1, -0.05) is 23.4 Å². The van der Waals surface area contributed by atoms with Crippen LogP contribution in [0.4, 0.5) is 0 Å². The van der Waals surface area contributed by atoms with Crippen LogP contribution in [0.15, 0.2) is 41.4 Å². The molecule has 1 N–H and O–H groups in total. The monoisotopic (exact) mass is 301 g/mol. The van der Waals surface area contributed by atoms with Crippen LogP contribution >= 0.6 is 0 Å². The van der Waals surface area contributed by atoms with Gasteiger partial charge in [-0.2, -0.15) is 4.98 Å². The number of hydrogen-bond acceptors (Lipinski definition) is 5. The Morgan fingerprint density at radius 1 is 1.45 bits per heavy atom. The molecule has 0 saturated carbocycles. The van der Waals surface area contributed by atoms with Crippen molar-refractivity contribution in [3.63, 3.8) is 0 Å². The van der Waals surface area contributed by atoms with Gasteiger partial charge >= 0.3 is 0 Å². The van der Waals surface area contributed by atoms with Crippen LogP contribution in [0.2, 0.25) is 0 Å². The van der Waals surface area contributed by atoms with E-state index in [4.69, 9.17) is 9.26 Å². The minimum atomic E-state index is -0.0747. The number of amides is 1. The maximum absolute atomic E-state index is 11.5. The quantitative estimate of drug-likeness (QED) is 0.757. The molecule has 0 saturated heterocycles. The lowest BCUT2D eigenvalue weighted by Gasteiger charge is -2.05. The van der Waals surface area contributed by atoms with E-state index >= 15 is 0 Å². The zero-order valence-electron chi connectivity index (χ0n) is 12.5. The van der Waals surface area contributed by atoms with Gasteiger partial charge in [-0.25, -0.2) is 0 Å². The molecule has 0 aliphatic rings. The SMILES string of the molecule is C=CCNC(=O)CCc1nc(-c2ccccc2OCC)no1. The first-order chi connectivity index (χ1) is 10.7. The summed E-state index contributed by atoms with van der Waals surface area (Å²) in [6.07, 6.45) is 2.32. The van der Waals surface area contributed by atoms with Crippen molar-refractivity contribution < 1.29 is 14.1 Å². The molecule has 6 nitrogen and oxygen atoms in total. The second-order valence-corrected chi connectivity index (χ2v) is 4.53. The van der Waals surface area contributed by atoms with Crippen molar-refractivity contribution in [3.8, 4) is 17.1 Å². The first-order valence-electron chi connectivity index (χ1n) is 7.17. The van der Waals surface area contributed by atoms with Crippen molar-refractivity contribution in [1.82, 2.24) is 15.5 Å². The molecule has 6 heteroatoms. The molecular weight excluding hydrogens is 282 g/mol. The third-order valence-corrected chi connectivity index (χ3v) is 2.91. The molecule has 0 atom stereocenters. The zero-order valence-corrected chi connectivity index (χ0v) is 12.5. The number of nitrogens with zero attached hydrogens (tertiary/aromatic N) is 2. The van der Waals surface area contributed by atoms with Crippen molar-refractivity contribution in [1.29, 1.82) is 0 Å². The fourth-order valence-corrected chi connectivity index (χ4v) is 1.89. The third kappa shape index (κ3) is 4.18. The van der Waals surface area contributed by atoms with Gasteiger partial charge in [-0.15, -0.1) is 6.58 Å². The summed E-state index contributed by atoms with van der Waals surface area (Å²) in [6.45, 7) is 6.48. The maximum Gasteiger partial charge on any atom is 0.227 e. The lowest BCUT2D eigenvalue weighted by Crippen LogP contribution is -2.23. The molecule has 116 valence electrons. The fraction of sp³-hybridized carbons (Fsp3) is 0.312. The van der Waals surface area contributed by atoms with Crippen LogP contribution in [-0.4, -0.2) is 29.2 Å². The molecule has 0 bridgehead atoms. The molecule has 1 heterocycles. The van der Waals surface area contributed by atoms with Crippen LogP contribution < -0.4 is 10.1 Å². The Labute approximate surface area is 129 Å². The van der Waals surface area contributed by atoms with E-state index < -0.39 is 0 Å². The molecule has 0 radical (unpaired) electrons. The van der Waals surface area contributed by atoms with Gasteiger partial charge in [0.2, 0.25) is 17.6 Å². The van der Waals surface area contributed by atoms with E-state index in [2.05, 4.69) is 22.0 Å². The second kappa shape index (κ2) is 7.97. The second-order valence-electron chi connectivity index (χ2n) is 4.53. The van der Waals surface area contributed by atoms with E-state index in [0.717, 1.165) is 5.56 Å². The van der Waals surface area contributed by atoms with Crippen molar-refractivity contribution in [2.45, 2.75) is 19.8 Å². The molecular formula is C16H19N3O3. The number of aryl methyl sites for hydroxylation is 1. The molecule has 0 aliphatic carbocycles. The lowest BCUT2D eigenvalue weighted by molar-refractivity contribution is -0.120. The Bertz CT molecular complexity index is 637. The number of hydrogen-bond donors (Lipinski definition) is 1. The Balaban J connectivity index is 2.02. The summed E-state index contributed by atoms with van der Waals surface area (Å²) < 4.78 is 10.7. The molecule has 0 spiro atoms. The minimum Gasteiger partial charge on any atom is -0.493 e. The number of rotatable bonds is 8. The highest BCUT2D eigenvalue weighted by Gasteiger charge is 2.13. The summed E-state index contributed by atoms with van der Waals surface area (Å²) in [5.41, 5.74) is 0.774. The molecule has 22 heavy (non-hydrogen) atoms. The van der Waals surface area contributed by atoms with Crippen molar-refractivity contribution in [3.05, 3.63) is 42.8 Å². The van der Waals surface area contributed by atoms with E-state index in [1.165, 1.54) is 0 Å². The Hall–Kier alpha value is -2.63. The number of para-hydroxylation sites is 1. The third-order valence-electron chi connectivity index (χ3n) is 2.91. The normalized spacial score (nSPS) is 10.2. The maximum atomic E-state index is 11.5. The average molecular weight is 301 g/mol. The predicted octanol–water partition coefficient (Wildman–Crippen LogP) is 2.37. The summed E-state index contributed by atoms with van der Waals surface area (Å²) in [5, 5.41) is 6.66. The van der Waals surface area contributed by atoms with Crippen molar-refractivity contribution >= 4 is 5.91 Å². The van der Waals surface area contributed by atoms with Crippen LogP contribution in [0, 0.1) is 0 Å². The van der Waals surface area contributed by atoms with Gasteiger partial charge in [0.15, 0.2) is 0 Å². The van der Waals surface area contributed by atoms with Gasteiger partial charge in [-0.05, 0) is 19.1 Å². The van der Waals surface area contributed by atoms with Crippen LogP contribution in [0.3, 0.4) is 0 Å². The molecule has 0 aliphatic heterocycles. The molecule has 1 aromatic heterocycles. The molecule has 0 unspecified atom stereocenters. The Morgan fingerprint density at radius 2 is 2.27 bits per heavy atom. The zero-order chi connectivity index (χ0) is 15.8.